The highest BCUT2D eigenvalue weighted by atomic mass is 16.4. The van der Waals surface area contributed by atoms with E-state index in [4.69, 9.17) is 5.11 Å². The van der Waals surface area contributed by atoms with Gasteiger partial charge in [0.1, 0.15) is 5.75 Å². The summed E-state index contributed by atoms with van der Waals surface area (Å²) < 4.78 is 0. The Bertz CT molecular complexity index is 825. The molecule has 1 heterocycles. The van der Waals surface area contributed by atoms with E-state index in [1.165, 1.54) is 0 Å². The summed E-state index contributed by atoms with van der Waals surface area (Å²) in [6.45, 7) is 2.43. The number of phenolic OH excluding ortho intramolecular Hbond substituents is 1. The fourth-order valence-corrected chi connectivity index (χ4v) is 2.45. The molecular weight excluding hydrogens is 292 g/mol. The lowest BCUT2D eigenvalue weighted by Crippen LogP contribution is -2.13. The second-order valence-corrected chi connectivity index (χ2v) is 5.33. The molecule has 0 saturated carbocycles. The predicted molar refractivity (Wildman–Crippen MR) is 89.9 cm³/mol. The molecule has 23 heavy (non-hydrogen) atoms. The van der Waals surface area contributed by atoms with Gasteiger partial charge in [-0.2, -0.15) is 5.10 Å². The van der Waals surface area contributed by atoms with Crippen molar-refractivity contribution in [1.29, 1.82) is 0 Å². The van der Waals surface area contributed by atoms with Crippen molar-refractivity contribution in [3.8, 4) is 5.75 Å². The van der Waals surface area contributed by atoms with Gasteiger partial charge in [-0.3, -0.25) is 5.01 Å². The van der Waals surface area contributed by atoms with Crippen molar-refractivity contribution in [2.75, 3.05) is 11.6 Å². The van der Waals surface area contributed by atoms with E-state index in [1.54, 1.807) is 35.3 Å². The number of rotatable bonds is 3. The van der Waals surface area contributed by atoms with Crippen molar-refractivity contribution in [3.05, 3.63) is 65.2 Å². The maximum Gasteiger partial charge on any atom is 0.335 e. The first kappa shape index (κ1) is 14.8. The number of hydrazone groups is 1. The third-order valence-corrected chi connectivity index (χ3v) is 3.71. The number of nitrogens with zero attached hydrogens (tertiary/aromatic N) is 2. The minimum atomic E-state index is -0.961. The summed E-state index contributed by atoms with van der Waals surface area (Å²) in [5.74, 6) is -0.740. The number of anilines is 1. The molecule has 0 fully saturated rings. The molecule has 0 spiro atoms. The van der Waals surface area contributed by atoms with Crippen molar-refractivity contribution in [1.82, 2.24) is 0 Å². The summed E-state index contributed by atoms with van der Waals surface area (Å²) in [5.41, 5.74) is 3.51. The summed E-state index contributed by atoms with van der Waals surface area (Å²) in [7, 11) is 0. The molecule has 0 atom stereocenters. The van der Waals surface area contributed by atoms with E-state index in [9.17, 15) is 9.90 Å². The van der Waals surface area contributed by atoms with E-state index in [0.717, 1.165) is 22.5 Å². The Labute approximate surface area is 133 Å². The molecule has 5 nitrogen and oxygen atoms in total. The second kappa shape index (κ2) is 5.96. The number of para-hydroxylation sites is 1. The maximum atomic E-state index is 11.1. The van der Waals surface area contributed by atoms with Crippen LogP contribution < -0.4 is 5.01 Å². The SMILES string of the molecule is CC1=NN(c2cccc(C(=O)O)c2)C/C1=C/c1ccccc1O. The van der Waals surface area contributed by atoms with Gasteiger partial charge < -0.3 is 10.2 Å². The van der Waals surface area contributed by atoms with Gasteiger partial charge in [0, 0.05) is 5.56 Å². The van der Waals surface area contributed by atoms with Crippen molar-refractivity contribution >= 4 is 23.4 Å². The van der Waals surface area contributed by atoms with E-state index in [0.29, 0.717) is 6.54 Å². The highest BCUT2D eigenvalue weighted by molar-refractivity contribution is 6.05. The molecule has 1 aliphatic heterocycles. The zero-order valence-electron chi connectivity index (χ0n) is 12.6. The van der Waals surface area contributed by atoms with E-state index >= 15 is 0 Å². The fourth-order valence-electron chi connectivity index (χ4n) is 2.45. The Morgan fingerprint density at radius 3 is 2.74 bits per heavy atom. The monoisotopic (exact) mass is 308 g/mol. The lowest BCUT2D eigenvalue weighted by molar-refractivity contribution is 0.0697. The lowest BCUT2D eigenvalue weighted by Gasteiger charge is -2.14. The van der Waals surface area contributed by atoms with Gasteiger partial charge in [-0.1, -0.05) is 24.3 Å². The van der Waals surface area contributed by atoms with Crippen LogP contribution in [0.2, 0.25) is 0 Å². The number of carbonyl (C=O) groups is 1. The van der Waals surface area contributed by atoms with Gasteiger partial charge in [0.2, 0.25) is 0 Å². The van der Waals surface area contributed by atoms with Crippen LogP contribution in [0.25, 0.3) is 6.08 Å². The summed E-state index contributed by atoms with van der Waals surface area (Å²) in [6.07, 6.45) is 1.90. The van der Waals surface area contributed by atoms with Gasteiger partial charge in [0.05, 0.1) is 23.5 Å². The van der Waals surface area contributed by atoms with Crippen LogP contribution in [0, 0.1) is 0 Å². The van der Waals surface area contributed by atoms with E-state index in [1.807, 2.05) is 31.2 Å². The smallest absolute Gasteiger partial charge is 0.335 e. The quantitative estimate of drug-likeness (QED) is 0.912. The Morgan fingerprint density at radius 1 is 1.22 bits per heavy atom. The number of hydrogen-bond donors (Lipinski definition) is 2. The molecule has 0 radical (unpaired) electrons. The topological polar surface area (TPSA) is 73.1 Å². The maximum absolute atomic E-state index is 11.1. The Morgan fingerprint density at radius 2 is 2.00 bits per heavy atom. The number of phenols is 1. The van der Waals surface area contributed by atoms with Gasteiger partial charge in [0.15, 0.2) is 0 Å². The van der Waals surface area contributed by atoms with Crippen LogP contribution in [-0.4, -0.2) is 28.4 Å². The van der Waals surface area contributed by atoms with Gasteiger partial charge in [0.25, 0.3) is 0 Å². The number of aromatic carboxylic acids is 1. The van der Waals surface area contributed by atoms with Crippen LogP contribution in [-0.2, 0) is 0 Å². The molecule has 2 aromatic rings. The number of aromatic hydroxyl groups is 1. The lowest BCUT2D eigenvalue weighted by atomic mass is 10.1. The van der Waals surface area contributed by atoms with Gasteiger partial charge >= 0.3 is 5.97 Å². The van der Waals surface area contributed by atoms with Crippen LogP contribution in [0.3, 0.4) is 0 Å². The predicted octanol–water partition coefficient (Wildman–Crippen LogP) is 3.37. The zero-order valence-corrected chi connectivity index (χ0v) is 12.6. The minimum absolute atomic E-state index is 0.221. The molecule has 5 heteroatoms. The first-order chi connectivity index (χ1) is 11.0. The normalized spacial score (nSPS) is 15.8. The second-order valence-electron chi connectivity index (χ2n) is 5.33. The third-order valence-electron chi connectivity index (χ3n) is 3.71. The molecular formula is C18H16N2O3. The van der Waals surface area contributed by atoms with Crippen LogP contribution in [0.1, 0.15) is 22.8 Å². The van der Waals surface area contributed by atoms with Crippen LogP contribution >= 0.6 is 0 Å². The zero-order chi connectivity index (χ0) is 16.4. The fraction of sp³-hybridized carbons (Fsp3) is 0.111. The van der Waals surface area contributed by atoms with E-state index in [-0.39, 0.29) is 11.3 Å². The highest BCUT2D eigenvalue weighted by Gasteiger charge is 2.19. The molecule has 0 amide bonds. The number of carboxylic acids is 1. The molecule has 0 unspecified atom stereocenters. The van der Waals surface area contributed by atoms with Crippen molar-refractivity contribution in [3.63, 3.8) is 0 Å². The van der Waals surface area contributed by atoms with Crippen LogP contribution in [0.15, 0.2) is 59.2 Å². The first-order valence-electron chi connectivity index (χ1n) is 7.19. The average molecular weight is 308 g/mol. The van der Waals surface area contributed by atoms with E-state index < -0.39 is 5.97 Å². The van der Waals surface area contributed by atoms with Crippen molar-refractivity contribution < 1.29 is 15.0 Å². The number of carboxylic acid groups (broad SMARTS) is 1. The molecule has 0 bridgehead atoms. The van der Waals surface area contributed by atoms with Gasteiger partial charge in [-0.25, -0.2) is 4.79 Å². The summed E-state index contributed by atoms with van der Waals surface area (Å²) >= 11 is 0. The van der Waals surface area contributed by atoms with Crippen LogP contribution in [0.4, 0.5) is 5.69 Å². The van der Waals surface area contributed by atoms with Crippen molar-refractivity contribution in [2.45, 2.75) is 6.92 Å². The van der Waals surface area contributed by atoms with Crippen LogP contribution in [0.5, 0.6) is 5.75 Å². The Kier molecular flexibility index (Phi) is 3.85. The number of benzene rings is 2. The Balaban J connectivity index is 1.88. The molecule has 0 aliphatic carbocycles. The highest BCUT2D eigenvalue weighted by Crippen LogP contribution is 2.26. The summed E-state index contributed by atoms with van der Waals surface area (Å²) in [5, 5.41) is 25.2. The summed E-state index contributed by atoms with van der Waals surface area (Å²) in [4.78, 5) is 11.1. The minimum Gasteiger partial charge on any atom is -0.507 e. The summed E-state index contributed by atoms with van der Waals surface area (Å²) in [6, 6.07) is 13.8. The molecule has 2 aromatic carbocycles. The molecule has 0 saturated heterocycles. The Hall–Kier alpha value is -3.08. The molecule has 1 aliphatic rings. The molecule has 116 valence electrons. The first-order valence-corrected chi connectivity index (χ1v) is 7.19. The third kappa shape index (κ3) is 3.08. The molecule has 0 aromatic heterocycles. The number of hydrogen-bond acceptors (Lipinski definition) is 4. The van der Waals surface area contributed by atoms with Crippen molar-refractivity contribution in [2.24, 2.45) is 5.10 Å². The standard InChI is InChI=1S/C18H16N2O3/c1-12-15(9-13-5-2-3-8-17(13)21)11-20(19-12)16-7-4-6-14(10-16)18(22)23/h2-10,21H,11H2,1H3,(H,22,23)/b15-9-. The van der Waals surface area contributed by atoms with Gasteiger partial charge in [-0.05, 0) is 42.8 Å². The van der Waals surface area contributed by atoms with E-state index in [2.05, 4.69) is 5.10 Å². The largest absolute Gasteiger partial charge is 0.507 e. The van der Waals surface area contributed by atoms with Gasteiger partial charge in [-0.15, -0.1) is 0 Å². The molecule has 3 rings (SSSR count). The average Bonchev–Trinajstić information content (AvgIpc) is 2.91. The molecule has 2 N–H and O–H groups in total.